The van der Waals surface area contributed by atoms with Crippen molar-refractivity contribution in [2.75, 3.05) is 24.8 Å². The van der Waals surface area contributed by atoms with Crippen LogP contribution in [-0.2, 0) is 4.74 Å². The normalized spacial score (nSPS) is 9.81. The van der Waals surface area contributed by atoms with Gasteiger partial charge in [-0.15, -0.1) is 0 Å². The Hall–Kier alpha value is -2.82. The molecule has 0 spiro atoms. The average Bonchev–Trinajstić information content (AvgIpc) is 2.54. The zero-order chi connectivity index (χ0) is 15.2. The number of carbonyl (C=O) groups excluding carboxylic acids is 2. The largest absolute Gasteiger partial charge is 0.465 e. The van der Waals surface area contributed by atoms with Crippen molar-refractivity contribution in [1.29, 1.82) is 0 Å². The molecule has 21 heavy (non-hydrogen) atoms. The molecular weight excluding hydrogens is 268 g/mol. The summed E-state index contributed by atoms with van der Waals surface area (Å²) in [6.07, 6.45) is 0. The molecule has 0 aliphatic heterocycles. The predicted octanol–water partition coefficient (Wildman–Crippen LogP) is 2.77. The molecule has 0 saturated carbocycles. The molecular formula is C16H16N2O3. The minimum Gasteiger partial charge on any atom is -0.465 e. The molecule has 5 heteroatoms. The van der Waals surface area contributed by atoms with E-state index in [4.69, 9.17) is 0 Å². The lowest BCUT2D eigenvalue weighted by Crippen LogP contribution is -2.14. The second-order valence-corrected chi connectivity index (χ2v) is 4.32. The monoisotopic (exact) mass is 284 g/mol. The SMILES string of the molecule is CNc1ccccc1C(=O)Nc1cccc(C(=O)OC)c1. The zero-order valence-corrected chi connectivity index (χ0v) is 11.8. The highest BCUT2D eigenvalue weighted by atomic mass is 16.5. The van der Waals surface area contributed by atoms with E-state index < -0.39 is 5.97 Å². The molecule has 2 aromatic carbocycles. The van der Waals surface area contributed by atoms with E-state index in [-0.39, 0.29) is 5.91 Å². The van der Waals surface area contributed by atoms with Crippen LogP contribution < -0.4 is 10.6 Å². The van der Waals surface area contributed by atoms with Crippen molar-refractivity contribution in [3.8, 4) is 0 Å². The zero-order valence-electron chi connectivity index (χ0n) is 11.8. The Labute approximate surface area is 122 Å². The molecule has 1 amide bonds. The van der Waals surface area contributed by atoms with Crippen LogP contribution in [0.5, 0.6) is 0 Å². The van der Waals surface area contributed by atoms with Gasteiger partial charge in [0.2, 0.25) is 0 Å². The van der Waals surface area contributed by atoms with Crippen LogP contribution in [0.2, 0.25) is 0 Å². The maximum atomic E-state index is 12.3. The summed E-state index contributed by atoms with van der Waals surface area (Å²) >= 11 is 0. The van der Waals surface area contributed by atoms with E-state index in [1.165, 1.54) is 7.11 Å². The number of hydrogen-bond acceptors (Lipinski definition) is 4. The van der Waals surface area contributed by atoms with E-state index in [0.29, 0.717) is 16.8 Å². The Morgan fingerprint density at radius 1 is 1.05 bits per heavy atom. The third-order valence-electron chi connectivity index (χ3n) is 2.98. The quantitative estimate of drug-likeness (QED) is 0.847. The van der Waals surface area contributed by atoms with E-state index in [9.17, 15) is 9.59 Å². The molecule has 5 nitrogen and oxygen atoms in total. The molecule has 0 aromatic heterocycles. The first-order valence-corrected chi connectivity index (χ1v) is 6.42. The Morgan fingerprint density at radius 3 is 2.52 bits per heavy atom. The van der Waals surface area contributed by atoms with Gasteiger partial charge in [0.15, 0.2) is 0 Å². The Balaban J connectivity index is 2.22. The number of nitrogens with one attached hydrogen (secondary N) is 2. The molecule has 2 N–H and O–H groups in total. The fraction of sp³-hybridized carbons (Fsp3) is 0.125. The summed E-state index contributed by atoms with van der Waals surface area (Å²) in [6.45, 7) is 0. The molecule has 0 unspecified atom stereocenters. The number of anilines is 2. The van der Waals surface area contributed by atoms with Crippen LogP contribution >= 0.6 is 0 Å². The molecule has 0 aliphatic rings. The third-order valence-corrected chi connectivity index (χ3v) is 2.98. The Morgan fingerprint density at radius 2 is 1.81 bits per heavy atom. The summed E-state index contributed by atoms with van der Waals surface area (Å²) in [5.41, 5.74) is 2.19. The number of para-hydroxylation sites is 1. The van der Waals surface area contributed by atoms with Crippen molar-refractivity contribution in [1.82, 2.24) is 0 Å². The van der Waals surface area contributed by atoms with Gasteiger partial charge in [-0.1, -0.05) is 18.2 Å². The summed E-state index contributed by atoms with van der Waals surface area (Å²) in [7, 11) is 3.07. The number of rotatable bonds is 4. The second-order valence-electron chi connectivity index (χ2n) is 4.32. The fourth-order valence-electron chi connectivity index (χ4n) is 1.94. The van der Waals surface area contributed by atoms with Crippen molar-refractivity contribution in [2.45, 2.75) is 0 Å². The highest BCUT2D eigenvalue weighted by Crippen LogP contribution is 2.17. The van der Waals surface area contributed by atoms with E-state index in [1.54, 1.807) is 43.4 Å². The van der Waals surface area contributed by atoms with Crippen molar-refractivity contribution in [2.24, 2.45) is 0 Å². The van der Waals surface area contributed by atoms with Gasteiger partial charge in [0.25, 0.3) is 5.91 Å². The lowest BCUT2D eigenvalue weighted by Gasteiger charge is -2.10. The number of benzene rings is 2. The molecule has 0 radical (unpaired) electrons. The van der Waals surface area contributed by atoms with Gasteiger partial charge in [-0.3, -0.25) is 4.79 Å². The van der Waals surface area contributed by atoms with Gasteiger partial charge >= 0.3 is 5.97 Å². The average molecular weight is 284 g/mol. The van der Waals surface area contributed by atoms with Gasteiger partial charge in [-0.05, 0) is 30.3 Å². The summed E-state index contributed by atoms with van der Waals surface area (Å²) in [5, 5.41) is 5.73. The summed E-state index contributed by atoms with van der Waals surface area (Å²) in [4.78, 5) is 23.8. The van der Waals surface area contributed by atoms with Crippen molar-refractivity contribution in [3.05, 3.63) is 59.7 Å². The third kappa shape index (κ3) is 3.39. The summed E-state index contributed by atoms with van der Waals surface area (Å²) in [6, 6.07) is 13.8. The van der Waals surface area contributed by atoms with Crippen LogP contribution in [0, 0.1) is 0 Å². The van der Waals surface area contributed by atoms with Crippen molar-refractivity contribution < 1.29 is 14.3 Å². The maximum absolute atomic E-state index is 12.3. The molecule has 2 rings (SSSR count). The van der Waals surface area contributed by atoms with Gasteiger partial charge in [-0.2, -0.15) is 0 Å². The molecule has 0 aliphatic carbocycles. The molecule has 0 bridgehead atoms. The number of amides is 1. The first-order valence-electron chi connectivity index (χ1n) is 6.42. The Kier molecular flexibility index (Phi) is 4.56. The van der Waals surface area contributed by atoms with Crippen LogP contribution in [0.15, 0.2) is 48.5 Å². The minimum atomic E-state index is -0.443. The lowest BCUT2D eigenvalue weighted by molar-refractivity contribution is 0.0600. The van der Waals surface area contributed by atoms with E-state index in [2.05, 4.69) is 15.4 Å². The van der Waals surface area contributed by atoms with Gasteiger partial charge in [0, 0.05) is 18.4 Å². The Bertz CT molecular complexity index is 668. The van der Waals surface area contributed by atoms with E-state index in [1.807, 2.05) is 12.1 Å². The van der Waals surface area contributed by atoms with Crippen molar-refractivity contribution >= 4 is 23.3 Å². The highest BCUT2D eigenvalue weighted by molar-refractivity contribution is 6.08. The van der Waals surface area contributed by atoms with Crippen LogP contribution in [0.3, 0.4) is 0 Å². The standard InChI is InChI=1S/C16H16N2O3/c1-17-14-9-4-3-8-13(14)15(19)18-12-7-5-6-11(10-12)16(20)21-2/h3-10,17H,1-2H3,(H,18,19). The first kappa shape index (κ1) is 14.6. The molecule has 108 valence electrons. The van der Waals surface area contributed by atoms with Gasteiger partial charge in [-0.25, -0.2) is 4.79 Å². The maximum Gasteiger partial charge on any atom is 0.337 e. The number of ether oxygens (including phenoxy) is 1. The fourth-order valence-corrected chi connectivity index (χ4v) is 1.94. The predicted molar refractivity (Wildman–Crippen MR) is 81.7 cm³/mol. The van der Waals surface area contributed by atoms with Gasteiger partial charge < -0.3 is 15.4 Å². The van der Waals surface area contributed by atoms with Crippen LogP contribution in [0.1, 0.15) is 20.7 Å². The topological polar surface area (TPSA) is 67.4 Å². The molecule has 0 fully saturated rings. The first-order chi connectivity index (χ1) is 10.2. The van der Waals surface area contributed by atoms with Gasteiger partial charge in [0.05, 0.1) is 18.2 Å². The van der Waals surface area contributed by atoms with E-state index in [0.717, 1.165) is 5.69 Å². The highest BCUT2D eigenvalue weighted by Gasteiger charge is 2.11. The van der Waals surface area contributed by atoms with Gasteiger partial charge in [0.1, 0.15) is 0 Å². The van der Waals surface area contributed by atoms with E-state index >= 15 is 0 Å². The minimum absolute atomic E-state index is 0.248. The molecule has 2 aromatic rings. The number of hydrogen-bond donors (Lipinski definition) is 2. The summed E-state index contributed by atoms with van der Waals surface area (Å²) in [5.74, 6) is -0.691. The van der Waals surface area contributed by atoms with Crippen LogP contribution in [0.4, 0.5) is 11.4 Å². The van der Waals surface area contributed by atoms with Crippen LogP contribution in [-0.4, -0.2) is 26.0 Å². The number of esters is 1. The smallest absolute Gasteiger partial charge is 0.337 e. The summed E-state index contributed by atoms with van der Waals surface area (Å²) < 4.78 is 4.66. The number of carbonyl (C=O) groups is 2. The lowest BCUT2D eigenvalue weighted by atomic mass is 10.1. The van der Waals surface area contributed by atoms with Crippen molar-refractivity contribution in [3.63, 3.8) is 0 Å². The van der Waals surface area contributed by atoms with Crippen LogP contribution in [0.25, 0.3) is 0 Å². The number of methoxy groups -OCH3 is 1. The second kappa shape index (κ2) is 6.56. The molecule has 0 heterocycles. The molecule has 0 saturated heterocycles. The molecule has 0 atom stereocenters.